The van der Waals surface area contributed by atoms with E-state index in [1.165, 1.54) is 39.0 Å². The summed E-state index contributed by atoms with van der Waals surface area (Å²) in [5.74, 6) is -0.0851. The van der Waals surface area contributed by atoms with Crippen LogP contribution in [0.4, 0.5) is 4.79 Å². The fourth-order valence-corrected chi connectivity index (χ4v) is 6.15. The lowest BCUT2D eigenvalue weighted by Crippen LogP contribution is -2.46. The van der Waals surface area contributed by atoms with Gasteiger partial charge in [0.15, 0.2) is 12.1 Å². The number of hydrogen-bond acceptors (Lipinski definition) is 6. The molecule has 2 heterocycles. The SMILES string of the molecule is CC(=O)C(Cc1ccccc1)NC(=O)NCc1ccc(C2OC(CN3CCCCCCC3)CC(c3ccc(CO)cc3)O2)cc1. The third-order valence-corrected chi connectivity index (χ3v) is 8.81. The Morgan fingerprint density at radius 3 is 2.13 bits per heavy atom. The van der Waals surface area contributed by atoms with Gasteiger partial charge >= 0.3 is 6.03 Å². The molecule has 3 aromatic rings. The Kier molecular flexibility index (Phi) is 12.2. The van der Waals surface area contributed by atoms with Crippen molar-refractivity contribution in [3.05, 3.63) is 107 Å². The molecule has 8 nitrogen and oxygen atoms in total. The minimum atomic E-state index is -0.588. The number of Topliss-reactive ketones (excluding diaryl/α,β-unsaturated/α-hetero) is 1. The van der Waals surface area contributed by atoms with Crippen molar-refractivity contribution in [1.29, 1.82) is 0 Å². The molecule has 2 saturated heterocycles. The Bertz CT molecular complexity index is 1340. The zero-order valence-corrected chi connectivity index (χ0v) is 26.3. The van der Waals surface area contributed by atoms with Gasteiger partial charge in [0, 0.05) is 25.1 Å². The fraction of sp³-hybridized carbons (Fsp3) is 0.459. The summed E-state index contributed by atoms with van der Waals surface area (Å²) >= 11 is 0. The summed E-state index contributed by atoms with van der Waals surface area (Å²) < 4.78 is 13.1. The number of aliphatic hydroxyl groups excluding tert-OH is 1. The maximum Gasteiger partial charge on any atom is 0.315 e. The van der Waals surface area contributed by atoms with Gasteiger partial charge in [-0.1, -0.05) is 98.1 Å². The molecule has 240 valence electrons. The van der Waals surface area contributed by atoms with E-state index < -0.39 is 12.3 Å². The predicted molar refractivity (Wildman–Crippen MR) is 174 cm³/mol. The van der Waals surface area contributed by atoms with Crippen LogP contribution in [0.1, 0.15) is 85.7 Å². The lowest BCUT2D eigenvalue weighted by atomic mass is 9.99. The first-order valence-corrected chi connectivity index (χ1v) is 16.4. The van der Waals surface area contributed by atoms with Crippen molar-refractivity contribution in [2.24, 2.45) is 0 Å². The minimum absolute atomic E-state index is 0.0169. The second kappa shape index (κ2) is 16.7. The number of aliphatic hydroxyl groups is 1. The van der Waals surface area contributed by atoms with Gasteiger partial charge < -0.3 is 30.1 Å². The Morgan fingerprint density at radius 1 is 0.822 bits per heavy atom. The highest BCUT2D eigenvalue weighted by molar-refractivity contribution is 5.87. The quantitative estimate of drug-likeness (QED) is 0.246. The standard InChI is InChI=1S/C37H47N3O5/c1-27(42)34(22-28-10-6-5-7-11-28)39-37(43)38-24-29-12-18-32(19-13-29)36-44-33(25-40-20-8-3-2-4-9-21-40)23-35(45-36)31-16-14-30(26-41)15-17-31/h5-7,10-19,33-36,41H,2-4,8-9,20-26H2,1H3,(H2,38,39,43). The molecule has 0 aromatic heterocycles. The molecule has 0 saturated carbocycles. The first-order valence-electron chi connectivity index (χ1n) is 16.4. The molecular formula is C37H47N3O5. The van der Waals surface area contributed by atoms with Gasteiger partial charge in [-0.15, -0.1) is 0 Å². The second-order valence-electron chi connectivity index (χ2n) is 12.3. The number of hydrogen-bond donors (Lipinski definition) is 3. The largest absolute Gasteiger partial charge is 0.392 e. The van der Waals surface area contributed by atoms with Gasteiger partial charge in [-0.2, -0.15) is 0 Å². The lowest BCUT2D eigenvalue weighted by molar-refractivity contribution is -0.253. The molecule has 45 heavy (non-hydrogen) atoms. The molecule has 2 aliphatic heterocycles. The van der Waals surface area contributed by atoms with Crippen LogP contribution in [0.2, 0.25) is 0 Å². The van der Waals surface area contributed by atoms with Crippen LogP contribution in [0.15, 0.2) is 78.9 Å². The summed E-state index contributed by atoms with van der Waals surface area (Å²) in [6, 6.07) is 24.6. The number of amides is 2. The normalized spacial score (nSPS) is 21.7. The van der Waals surface area contributed by atoms with E-state index in [0.29, 0.717) is 13.0 Å². The summed E-state index contributed by atoms with van der Waals surface area (Å²) in [5.41, 5.74) is 4.82. The number of carbonyl (C=O) groups is 2. The summed E-state index contributed by atoms with van der Waals surface area (Å²) in [5, 5.41) is 15.2. The molecule has 4 atom stereocenters. The van der Waals surface area contributed by atoms with E-state index in [9.17, 15) is 14.7 Å². The average molecular weight is 614 g/mol. The molecule has 0 aliphatic carbocycles. The predicted octanol–water partition coefficient (Wildman–Crippen LogP) is 5.99. The lowest BCUT2D eigenvalue weighted by Gasteiger charge is -2.38. The van der Waals surface area contributed by atoms with E-state index in [2.05, 4.69) is 15.5 Å². The zero-order valence-electron chi connectivity index (χ0n) is 26.3. The Labute approximate surface area is 267 Å². The number of nitrogens with zero attached hydrogens (tertiary/aromatic N) is 1. The number of carbonyl (C=O) groups excluding carboxylic acids is 2. The molecule has 2 aliphatic rings. The number of ether oxygens (including phenoxy) is 2. The van der Waals surface area contributed by atoms with Crippen LogP contribution in [0, 0.1) is 0 Å². The number of urea groups is 1. The molecule has 2 fully saturated rings. The van der Waals surface area contributed by atoms with Crippen LogP contribution < -0.4 is 10.6 Å². The van der Waals surface area contributed by atoms with E-state index in [0.717, 1.165) is 53.9 Å². The molecule has 0 radical (unpaired) electrons. The second-order valence-corrected chi connectivity index (χ2v) is 12.3. The molecule has 0 bridgehead atoms. The van der Waals surface area contributed by atoms with Crippen molar-refractivity contribution >= 4 is 11.8 Å². The summed E-state index contributed by atoms with van der Waals surface area (Å²) in [4.78, 5) is 27.4. The maximum absolute atomic E-state index is 12.7. The van der Waals surface area contributed by atoms with Gasteiger partial charge in [0.2, 0.25) is 0 Å². The van der Waals surface area contributed by atoms with Gasteiger partial charge in [-0.3, -0.25) is 4.79 Å². The first kappa shape index (κ1) is 32.8. The van der Waals surface area contributed by atoms with Crippen LogP contribution in [0.25, 0.3) is 0 Å². The molecule has 5 rings (SSSR count). The van der Waals surface area contributed by atoms with E-state index in [1.54, 1.807) is 0 Å². The first-order chi connectivity index (χ1) is 22.0. The molecule has 4 unspecified atom stereocenters. The van der Waals surface area contributed by atoms with Crippen molar-refractivity contribution in [2.75, 3.05) is 19.6 Å². The van der Waals surface area contributed by atoms with Gasteiger partial charge in [0.1, 0.15) is 0 Å². The fourth-order valence-electron chi connectivity index (χ4n) is 6.15. The monoisotopic (exact) mass is 613 g/mol. The average Bonchev–Trinajstić information content (AvgIpc) is 3.05. The topological polar surface area (TPSA) is 100 Å². The Balaban J connectivity index is 1.21. The summed E-state index contributed by atoms with van der Waals surface area (Å²) in [6.07, 6.45) is 7.00. The van der Waals surface area contributed by atoms with Gasteiger partial charge in [-0.05, 0) is 61.5 Å². The van der Waals surface area contributed by atoms with Crippen molar-refractivity contribution in [3.63, 3.8) is 0 Å². The van der Waals surface area contributed by atoms with E-state index in [-0.39, 0.29) is 30.6 Å². The molecule has 3 aromatic carbocycles. The molecule has 2 amide bonds. The number of benzene rings is 3. The van der Waals surface area contributed by atoms with Crippen LogP contribution in [0.5, 0.6) is 0 Å². The van der Waals surface area contributed by atoms with E-state index >= 15 is 0 Å². The van der Waals surface area contributed by atoms with E-state index in [1.807, 2.05) is 78.9 Å². The minimum Gasteiger partial charge on any atom is -0.392 e. The highest BCUT2D eigenvalue weighted by Crippen LogP contribution is 2.38. The molecule has 0 spiro atoms. The van der Waals surface area contributed by atoms with E-state index in [4.69, 9.17) is 9.47 Å². The van der Waals surface area contributed by atoms with Crippen molar-refractivity contribution in [2.45, 2.75) is 89.6 Å². The smallest absolute Gasteiger partial charge is 0.315 e. The highest BCUT2D eigenvalue weighted by Gasteiger charge is 2.33. The summed E-state index contributed by atoms with van der Waals surface area (Å²) in [6.45, 7) is 4.94. The Morgan fingerprint density at radius 2 is 1.47 bits per heavy atom. The van der Waals surface area contributed by atoms with Crippen molar-refractivity contribution in [3.8, 4) is 0 Å². The summed E-state index contributed by atoms with van der Waals surface area (Å²) in [7, 11) is 0. The third-order valence-electron chi connectivity index (χ3n) is 8.81. The molecular weight excluding hydrogens is 566 g/mol. The number of ketones is 1. The van der Waals surface area contributed by atoms with Crippen molar-refractivity contribution in [1.82, 2.24) is 15.5 Å². The van der Waals surface area contributed by atoms with Crippen LogP contribution >= 0.6 is 0 Å². The van der Waals surface area contributed by atoms with Crippen molar-refractivity contribution < 1.29 is 24.2 Å². The maximum atomic E-state index is 12.7. The molecule has 8 heteroatoms. The van der Waals surface area contributed by atoms with Gasteiger partial charge in [-0.25, -0.2) is 4.79 Å². The number of rotatable bonds is 11. The van der Waals surface area contributed by atoms with Crippen LogP contribution in [-0.4, -0.2) is 53.6 Å². The number of likely N-dealkylation sites (tertiary alicyclic amines) is 1. The van der Waals surface area contributed by atoms with Gasteiger partial charge in [0.25, 0.3) is 0 Å². The zero-order chi connectivity index (χ0) is 31.4. The Hall–Kier alpha value is -3.56. The van der Waals surface area contributed by atoms with Gasteiger partial charge in [0.05, 0.1) is 24.9 Å². The molecule has 3 N–H and O–H groups in total. The number of nitrogens with one attached hydrogen (secondary N) is 2. The van der Waals surface area contributed by atoms with Crippen LogP contribution in [-0.2, 0) is 33.8 Å². The highest BCUT2D eigenvalue weighted by atomic mass is 16.7. The third kappa shape index (κ3) is 9.96. The van der Waals surface area contributed by atoms with Crippen LogP contribution in [0.3, 0.4) is 0 Å².